The van der Waals surface area contributed by atoms with Crippen molar-refractivity contribution >= 4 is 11.8 Å². The summed E-state index contributed by atoms with van der Waals surface area (Å²) in [6.45, 7) is 2.12. The van der Waals surface area contributed by atoms with Crippen LogP contribution in [0.3, 0.4) is 0 Å². The second-order valence-electron chi connectivity index (χ2n) is 2.97. The van der Waals surface area contributed by atoms with Crippen LogP contribution in [0.15, 0.2) is 18.3 Å². The minimum absolute atomic E-state index is 0.0334. The Bertz CT molecular complexity index is 296. The summed E-state index contributed by atoms with van der Waals surface area (Å²) in [5.41, 5.74) is 3.63. The number of aromatic nitrogens is 1. The van der Waals surface area contributed by atoms with Crippen molar-refractivity contribution in [2.45, 2.75) is 13.0 Å². The summed E-state index contributed by atoms with van der Waals surface area (Å²) in [7, 11) is 1.64. The number of hydrogen-bond acceptors (Lipinski definition) is 5. The lowest BCUT2D eigenvalue weighted by Gasteiger charge is -2.16. The molecule has 3 N–H and O–H groups in total. The molecule has 84 valence electrons. The van der Waals surface area contributed by atoms with Gasteiger partial charge in [-0.2, -0.15) is 11.8 Å². The molecule has 1 aromatic heterocycles. The van der Waals surface area contributed by atoms with E-state index in [0.29, 0.717) is 0 Å². The normalized spacial score (nSPS) is 12.5. The lowest BCUT2D eigenvalue weighted by atomic mass is 10.2. The summed E-state index contributed by atoms with van der Waals surface area (Å²) < 4.78 is 5.24. The highest BCUT2D eigenvalue weighted by molar-refractivity contribution is 7.99. The van der Waals surface area contributed by atoms with Crippen LogP contribution in [-0.2, 0) is 0 Å². The molecule has 5 heteroatoms. The number of nitrogens with zero attached hydrogens (tertiary/aromatic N) is 1. The lowest BCUT2D eigenvalue weighted by molar-refractivity contribution is 0.398. The van der Waals surface area contributed by atoms with Crippen LogP contribution in [0.1, 0.15) is 18.7 Å². The van der Waals surface area contributed by atoms with E-state index >= 15 is 0 Å². The maximum Gasteiger partial charge on any atom is 0.142 e. The van der Waals surface area contributed by atoms with Crippen LogP contribution in [0.5, 0.6) is 5.75 Å². The fourth-order valence-corrected chi connectivity index (χ4v) is 2.00. The number of nitrogens with two attached hydrogens (primary N) is 1. The zero-order chi connectivity index (χ0) is 11.1. The van der Waals surface area contributed by atoms with Gasteiger partial charge in [-0.25, -0.2) is 0 Å². The van der Waals surface area contributed by atoms with Crippen LogP contribution in [0.4, 0.5) is 0 Å². The number of pyridine rings is 1. The van der Waals surface area contributed by atoms with Crippen LogP contribution in [-0.4, -0.2) is 23.6 Å². The minimum Gasteiger partial charge on any atom is -0.495 e. The van der Waals surface area contributed by atoms with Crippen molar-refractivity contribution in [3.8, 4) is 5.75 Å². The van der Waals surface area contributed by atoms with Gasteiger partial charge in [0, 0.05) is 11.9 Å². The number of thioether (sulfide) groups is 1. The van der Waals surface area contributed by atoms with Gasteiger partial charge in [0.15, 0.2) is 0 Å². The number of hydrazine groups is 1. The van der Waals surface area contributed by atoms with Crippen molar-refractivity contribution in [3.63, 3.8) is 0 Å². The average Bonchev–Trinajstić information content (AvgIpc) is 2.30. The topological polar surface area (TPSA) is 60.2 Å². The van der Waals surface area contributed by atoms with Gasteiger partial charge in [0.2, 0.25) is 0 Å². The Hall–Kier alpha value is -0.780. The van der Waals surface area contributed by atoms with Gasteiger partial charge in [-0.15, -0.1) is 0 Å². The summed E-state index contributed by atoms with van der Waals surface area (Å²) in [5, 5.41) is 0. The zero-order valence-corrected chi connectivity index (χ0v) is 9.88. The van der Waals surface area contributed by atoms with Crippen molar-refractivity contribution in [2.75, 3.05) is 18.6 Å². The molecule has 15 heavy (non-hydrogen) atoms. The van der Waals surface area contributed by atoms with E-state index in [2.05, 4.69) is 17.3 Å². The third kappa shape index (κ3) is 3.37. The molecule has 0 aromatic carbocycles. The number of methoxy groups -OCH3 is 1. The molecule has 1 aromatic rings. The van der Waals surface area contributed by atoms with Crippen LogP contribution < -0.4 is 16.0 Å². The summed E-state index contributed by atoms with van der Waals surface area (Å²) in [6, 6.07) is 3.78. The summed E-state index contributed by atoms with van der Waals surface area (Å²) in [5.74, 6) is 8.24. The molecule has 4 nitrogen and oxygen atoms in total. The summed E-state index contributed by atoms with van der Waals surface area (Å²) in [6.07, 6.45) is 1.75. The predicted molar refractivity (Wildman–Crippen MR) is 63.9 cm³/mol. The second-order valence-corrected chi connectivity index (χ2v) is 4.29. The molecule has 0 spiro atoms. The Morgan fingerprint density at radius 3 is 3.07 bits per heavy atom. The Kier molecular flexibility index (Phi) is 5.45. The molecule has 0 saturated carbocycles. The van der Waals surface area contributed by atoms with Gasteiger partial charge < -0.3 is 4.74 Å². The molecule has 1 rings (SSSR count). The lowest BCUT2D eigenvalue weighted by Crippen LogP contribution is -2.30. The highest BCUT2D eigenvalue weighted by Gasteiger charge is 2.15. The van der Waals surface area contributed by atoms with Gasteiger partial charge >= 0.3 is 0 Å². The maximum atomic E-state index is 5.51. The van der Waals surface area contributed by atoms with Gasteiger partial charge in [0.05, 0.1) is 13.2 Å². The first-order valence-electron chi connectivity index (χ1n) is 4.86. The van der Waals surface area contributed by atoms with E-state index < -0.39 is 0 Å². The molecule has 0 radical (unpaired) electrons. The summed E-state index contributed by atoms with van der Waals surface area (Å²) in [4.78, 5) is 4.29. The Balaban J connectivity index is 2.80. The van der Waals surface area contributed by atoms with Crippen LogP contribution >= 0.6 is 11.8 Å². The Labute approximate surface area is 94.6 Å². The minimum atomic E-state index is 0.0334. The number of hydrogen-bond donors (Lipinski definition) is 2. The molecule has 1 unspecified atom stereocenters. The molecule has 0 aliphatic heterocycles. The number of nitrogens with one attached hydrogen (secondary N) is 1. The highest BCUT2D eigenvalue weighted by atomic mass is 32.2. The van der Waals surface area contributed by atoms with E-state index in [1.807, 2.05) is 23.9 Å². The van der Waals surface area contributed by atoms with Crippen LogP contribution in [0, 0.1) is 0 Å². The monoisotopic (exact) mass is 227 g/mol. The van der Waals surface area contributed by atoms with Crippen molar-refractivity contribution in [1.29, 1.82) is 0 Å². The van der Waals surface area contributed by atoms with Crippen LogP contribution in [0.2, 0.25) is 0 Å². The van der Waals surface area contributed by atoms with Crippen molar-refractivity contribution in [2.24, 2.45) is 5.84 Å². The Morgan fingerprint density at radius 2 is 2.47 bits per heavy atom. The largest absolute Gasteiger partial charge is 0.495 e. The highest BCUT2D eigenvalue weighted by Crippen LogP contribution is 2.24. The van der Waals surface area contributed by atoms with Crippen molar-refractivity contribution in [1.82, 2.24) is 10.4 Å². The molecule has 0 fully saturated rings. The van der Waals surface area contributed by atoms with Gasteiger partial charge in [0.25, 0.3) is 0 Å². The molecule has 1 heterocycles. The third-order valence-electron chi connectivity index (χ3n) is 2.04. The first-order valence-corrected chi connectivity index (χ1v) is 6.01. The molecular weight excluding hydrogens is 210 g/mol. The molecule has 0 aliphatic rings. The van der Waals surface area contributed by atoms with Crippen LogP contribution in [0.25, 0.3) is 0 Å². The van der Waals surface area contributed by atoms with E-state index in [4.69, 9.17) is 10.6 Å². The smallest absolute Gasteiger partial charge is 0.142 e. The summed E-state index contributed by atoms with van der Waals surface area (Å²) >= 11 is 1.82. The van der Waals surface area contributed by atoms with E-state index in [1.54, 1.807) is 13.3 Å². The molecule has 1 atom stereocenters. The molecule has 0 saturated heterocycles. The van der Waals surface area contributed by atoms with Gasteiger partial charge in [-0.1, -0.05) is 6.92 Å². The SMILES string of the molecule is CCSCC(NN)c1ncccc1OC. The van der Waals surface area contributed by atoms with Gasteiger partial charge in [-0.3, -0.25) is 16.3 Å². The first kappa shape index (κ1) is 12.3. The first-order chi connectivity index (χ1) is 7.33. The zero-order valence-electron chi connectivity index (χ0n) is 9.06. The standard InChI is InChI=1S/C10H17N3OS/c1-3-15-7-8(13-11)10-9(14-2)5-4-6-12-10/h4-6,8,13H,3,7,11H2,1-2H3. The van der Waals surface area contributed by atoms with Crippen molar-refractivity contribution < 1.29 is 4.74 Å². The maximum absolute atomic E-state index is 5.51. The van der Waals surface area contributed by atoms with Gasteiger partial charge in [0.1, 0.15) is 11.4 Å². The van der Waals surface area contributed by atoms with Gasteiger partial charge in [-0.05, 0) is 17.9 Å². The van der Waals surface area contributed by atoms with Crippen molar-refractivity contribution in [3.05, 3.63) is 24.0 Å². The molecule has 0 bridgehead atoms. The predicted octanol–water partition coefficient (Wildman–Crippen LogP) is 1.35. The van der Waals surface area contributed by atoms with E-state index in [0.717, 1.165) is 22.9 Å². The fourth-order valence-electron chi connectivity index (χ4n) is 1.28. The quantitative estimate of drug-likeness (QED) is 0.567. The molecule has 0 amide bonds. The average molecular weight is 227 g/mol. The Morgan fingerprint density at radius 1 is 1.67 bits per heavy atom. The van der Waals surface area contributed by atoms with E-state index in [9.17, 15) is 0 Å². The molecule has 0 aliphatic carbocycles. The fraction of sp³-hybridized carbons (Fsp3) is 0.500. The van der Waals surface area contributed by atoms with E-state index in [-0.39, 0.29) is 6.04 Å². The van der Waals surface area contributed by atoms with E-state index in [1.165, 1.54) is 0 Å². The second kappa shape index (κ2) is 6.66. The number of ether oxygens (including phenoxy) is 1. The molecular formula is C10H17N3OS. The number of rotatable bonds is 6. The third-order valence-corrected chi connectivity index (χ3v) is 3.02.